The largest absolute Gasteiger partial charge is 0.321 e. The second-order valence-electron chi connectivity index (χ2n) is 7.54. The molecule has 1 N–H and O–H groups in total. The zero-order chi connectivity index (χ0) is 22.2. The topological polar surface area (TPSA) is 54.9 Å². The highest BCUT2D eigenvalue weighted by molar-refractivity contribution is 7.21. The molecule has 0 aliphatic carbocycles. The van der Waals surface area contributed by atoms with E-state index in [1.165, 1.54) is 0 Å². The quantitative estimate of drug-likeness (QED) is 0.295. The lowest BCUT2D eigenvalue weighted by atomic mass is 10.1. The molecule has 6 aromatic rings. The van der Waals surface area contributed by atoms with Gasteiger partial charge in [-0.05, 0) is 47.8 Å². The van der Waals surface area contributed by atoms with E-state index in [1.54, 1.807) is 22.7 Å². The van der Waals surface area contributed by atoms with Gasteiger partial charge in [0.25, 0.3) is 5.91 Å². The molecule has 0 bridgehead atoms. The minimum absolute atomic E-state index is 0.167. The van der Waals surface area contributed by atoms with Crippen LogP contribution in [0, 0.1) is 0 Å². The van der Waals surface area contributed by atoms with Crippen LogP contribution >= 0.6 is 22.7 Å². The third kappa shape index (κ3) is 3.69. The Morgan fingerprint density at radius 2 is 1.58 bits per heavy atom. The molecule has 0 aliphatic rings. The molecule has 158 valence electrons. The van der Waals surface area contributed by atoms with E-state index >= 15 is 0 Å². The van der Waals surface area contributed by atoms with Gasteiger partial charge in [-0.2, -0.15) is 0 Å². The van der Waals surface area contributed by atoms with Crippen LogP contribution in [-0.4, -0.2) is 15.9 Å². The minimum Gasteiger partial charge on any atom is -0.321 e. The molecule has 0 saturated heterocycles. The lowest BCUT2D eigenvalue weighted by Crippen LogP contribution is -2.13. The number of amides is 1. The fraction of sp³-hybridized carbons (Fsp3) is 0. The highest BCUT2D eigenvalue weighted by Gasteiger charge is 2.17. The number of aromatic nitrogens is 2. The van der Waals surface area contributed by atoms with Gasteiger partial charge in [0.1, 0.15) is 5.01 Å². The van der Waals surface area contributed by atoms with Gasteiger partial charge in [-0.1, -0.05) is 48.5 Å². The van der Waals surface area contributed by atoms with Crippen molar-refractivity contribution in [1.82, 2.24) is 9.97 Å². The van der Waals surface area contributed by atoms with Crippen LogP contribution in [0.25, 0.3) is 42.3 Å². The zero-order valence-electron chi connectivity index (χ0n) is 17.4. The molecule has 33 heavy (non-hydrogen) atoms. The summed E-state index contributed by atoms with van der Waals surface area (Å²) in [5, 5.41) is 6.86. The van der Waals surface area contributed by atoms with Crippen molar-refractivity contribution in [3.63, 3.8) is 0 Å². The second-order valence-corrected chi connectivity index (χ2v) is 9.51. The number of nitrogens with one attached hydrogen (secondary N) is 1. The molecule has 0 radical (unpaired) electrons. The van der Waals surface area contributed by atoms with Crippen LogP contribution in [0.5, 0.6) is 0 Å². The smallest absolute Gasteiger partial charge is 0.256 e. The number of anilines is 1. The Morgan fingerprint density at radius 3 is 2.42 bits per heavy atom. The minimum atomic E-state index is -0.167. The predicted molar refractivity (Wildman–Crippen MR) is 138 cm³/mol. The monoisotopic (exact) mass is 463 g/mol. The van der Waals surface area contributed by atoms with Crippen molar-refractivity contribution in [1.29, 1.82) is 0 Å². The molecule has 0 fully saturated rings. The summed E-state index contributed by atoms with van der Waals surface area (Å²) in [6, 6.07) is 29.5. The SMILES string of the molecule is O=C(Nc1ccccc1-c1nc2ccccc2s1)c1cc(-c2cccs2)nc2ccccc12. The van der Waals surface area contributed by atoms with E-state index in [0.29, 0.717) is 5.56 Å². The molecule has 0 unspecified atom stereocenters. The normalized spacial score (nSPS) is 11.2. The Bertz CT molecular complexity index is 1590. The molecule has 6 rings (SSSR count). The maximum atomic E-state index is 13.6. The summed E-state index contributed by atoms with van der Waals surface area (Å²) in [7, 11) is 0. The summed E-state index contributed by atoms with van der Waals surface area (Å²) in [6.07, 6.45) is 0. The van der Waals surface area contributed by atoms with Crippen molar-refractivity contribution in [3.05, 3.63) is 102 Å². The average molecular weight is 464 g/mol. The predicted octanol–water partition coefficient (Wildman–Crippen LogP) is 7.49. The van der Waals surface area contributed by atoms with Gasteiger partial charge < -0.3 is 5.32 Å². The van der Waals surface area contributed by atoms with Crippen LogP contribution in [0.1, 0.15) is 10.4 Å². The third-order valence-electron chi connectivity index (χ3n) is 5.43. The molecular weight excluding hydrogens is 446 g/mol. The summed E-state index contributed by atoms with van der Waals surface area (Å²) >= 11 is 3.23. The molecule has 0 atom stereocenters. The molecule has 3 aromatic heterocycles. The van der Waals surface area contributed by atoms with E-state index in [9.17, 15) is 4.79 Å². The number of thiazole rings is 1. The Kier molecular flexibility index (Phi) is 4.94. The Hall–Kier alpha value is -3.87. The number of fused-ring (bicyclic) bond motifs is 2. The van der Waals surface area contributed by atoms with Gasteiger partial charge >= 0.3 is 0 Å². The first-order valence-electron chi connectivity index (χ1n) is 10.5. The van der Waals surface area contributed by atoms with Gasteiger partial charge in [0.05, 0.1) is 37.6 Å². The highest BCUT2D eigenvalue weighted by Crippen LogP contribution is 2.35. The summed E-state index contributed by atoms with van der Waals surface area (Å²) in [5.41, 5.74) is 4.80. The van der Waals surface area contributed by atoms with Crippen LogP contribution < -0.4 is 5.32 Å². The van der Waals surface area contributed by atoms with Gasteiger partial charge in [0, 0.05) is 10.9 Å². The van der Waals surface area contributed by atoms with Crippen molar-refractivity contribution in [2.75, 3.05) is 5.32 Å². The molecule has 4 nitrogen and oxygen atoms in total. The number of hydrogen-bond donors (Lipinski definition) is 1. The Balaban J connectivity index is 1.42. The van der Waals surface area contributed by atoms with Gasteiger partial charge in [-0.15, -0.1) is 22.7 Å². The molecule has 0 spiro atoms. The van der Waals surface area contributed by atoms with E-state index in [2.05, 4.69) is 11.4 Å². The van der Waals surface area contributed by atoms with E-state index in [1.807, 2.05) is 90.3 Å². The van der Waals surface area contributed by atoms with Crippen LogP contribution in [0.2, 0.25) is 0 Å². The van der Waals surface area contributed by atoms with Crippen molar-refractivity contribution < 1.29 is 4.79 Å². The van der Waals surface area contributed by atoms with Crippen molar-refractivity contribution >= 4 is 55.4 Å². The Morgan fingerprint density at radius 1 is 0.788 bits per heavy atom. The average Bonchev–Trinajstić information content (AvgIpc) is 3.54. The second kappa shape index (κ2) is 8.24. The van der Waals surface area contributed by atoms with Gasteiger partial charge in [0.2, 0.25) is 0 Å². The van der Waals surface area contributed by atoms with Crippen LogP contribution in [-0.2, 0) is 0 Å². The van der Waals surface area contributed by atoms with E-state index in [4.69, 9.17) is 9.97 Å². The fourth-order valence-corrected chi connectivity index (χ4v) is 5.56. The lowest BCUT2D eigenvalue weighted by molar-refractivity contribution is 0.102. The molecule has 3 aromatic carbocycles. The molecule has 0 saturated carbocycles. The number of thiophene rings is 1. The highest BCUT2D eigenvalue weighted by atomic mass is 32.1. The first-order chi connectivity index (χ1) is 16.3. The molecule has 1 amide bonds. The van der Waals surface area contributed by atoms with Crippen LogP contribution in [0.4, 0.5) is 5.69 Å². The van der Waals surface area contributed by atoms with Gasteiger partial charge in [0.15, 0.2) is 0 Å². The van der Waals surface area contributed by atoms with Crippen LogP contribution in [0.15, 0.2) is 96.4 Å². The number of benzene rings is 3. The number of pyridine rings is 1. The van der Waals surface area contributed by atoms with Crippen molar-refractivity contribution in [2.45, 2.75) is 0 Å². The lowest BCUT2D eigenvalue weighted by Gasteiger charge is -2.12. The number of hydrogen-bond acceptors (Lipinski definition) is 5. The fourth-order valence-electron chi connectivity index (χ4n) is 3.87. The molecule has 6 heteroatoms. The van der Waals surface area contributed by atoms with Crippen LogP contribution in [0.3, 0.4) is 0 Å². The van der Waals surface area contributed by atoms with E-state index < -0.39 is 0 Å². The van der Waals surface area contributed by atoms with Crippen molar-refractivity contribution in [2.24, 2.45) is 0 Å². The summed E-state index contributed by atoms with van der Waals surface area (Å²) < 4.78 is 1.12. The van der Waals surface area contributed by atoms with Gasteiger partial charge in [-0.25, -0.2) is 9.97 Å². The zero-order valence-corrected chi connectivity index (χ0v) is 19.0. The first kappa shape index (κ1) is 19.8. The summed E-state index contributed by atoms with van der Waals surface area (Å²) in [5.74, 6) is -0.167. The number of carbonyl (C=O) groups is 1. The number of nitrogens with zero attached hydrogens (tertiary/aromatic N) is 2. The summed E-state index contributed by atoms with van der Waals surface area (Å²) in [6.45, 7) is 0. The van der Waals surface area contributed by atoms with E-state index in [-0.39, 0.29) is 5.91 Å². The number of para-hydroxylation sites is 3. The van der Waals surface area contributed by atoms with Crippen molar-refractivity contribution in [3.8, 4) is 21.1 Å². The number of rotatable bonds is 4. The standard InChI is InChI=1S/C27H17N3OS2/c31-26(19-16-23(24-14-7-15-32-24)28-20-10-3-1-8-17(19)20)29-21-11-4-2-9-18(21)27-30-22-12-5-6-13-25(22)33-27/h1-16H,(H,29,31). The Labute approximate surface area is 198 Å². The maximum absolute atomic E-state index is 13.6. The summed E-state index contributed by atoms with van der Waals surface area (Å²) in [4.78, 5) is 24.1. The first-order valence-corrected chi connectivity index (χ1v) is 12.2. The number of carbonyl (C=O) groups excluding carboxylic acids is 1. The molecular formula is C27H17N3OS2. The molecule has 3 heterocycles. The maximum Gasteiger partial charge on any atom is 0.256 e. The molecule has 0 aliphatic heterocycles. The third-order valence-corrected chi connectivity index (χ3v) is 7.40. The van der Waals surface area contributed by atoms with E-state index in [0.717, 1.165) is 47.9 Å². The van der Waals surface area contributed by atoms with Gasteiger partial charge in [-0.3, -0.25) is 4.79 Å².